The second kappa shape index (κ2) is 7.76. The Morgan fingerprint density at radius 1 is 1.50 bits per heavy atom. The monoisotopic (exact) mass is 341 g/mol. The second-order valence-corrected chi connectivity index (χ2v) is 6.61. The quantitative estimate of drug-likeness (QED) is 0.748. The number of aliphatic hydroxyl groups is 1. The van der Waals surface area contributed by atoms with Gasteiger partial charge in [-0.3, -0.25) is 0 Å². The van der Waals surface area contributed by atoms with Crippen LogP contribution in [-0.4, -0.2) is 35.3 Å². The van der Waals surface area contributed by atoms with Gasteiger partial charge in [-0.2, -0.15) is 0 Å². The normalized spacial score (nSPS) is 11.4. The summed E-state index contributed by atoms with van der Waals surface area (Å²) < 4.78 is 0.953. The number of pyridine rings is 1. The van der Waals surface area contributed by atoms with Crippen molar-refractivity contribution in [3.8, 4) is 0 Å². The lowest BCUT2D eigenvalue weighted by Crippen LogP contribution is -2.36. The standard InChI is InChI=1S/C15H24BrN3O/c1-5-6-19(7-8-20)14-12(9-13(16)11-17-14)10-18-15(2,3)4/h5,9,11,18,20H,1,6-8,10H2,2-4H3. The van der Waals surface area contributed by atoms with Crippen LogP contribution in [0.3, 0.4) is 0 Å². The molecule has 1 rings (SSSR count). The molecule has 1 heterocycles. The molecule has 2 N–H and O–H groups in total. The first kappa shape index (κ1) is 17.1. The molecule has 1 aromatic rings. The Kier molecular flexibility index (Phi) is 6.65. The lowest BCUT2D eigenvalue weighted by atomic mass is 10.1. The minimum atomic E-state index is 0.0415. The van der Waals surface area contributed by atoms with Gasteiger partial charge in [-0.05, 0) is 42.8 Å². The highest BCUT2D eigenvalue weighted by atomic mass is 79.9. The first-order chi connectivity index (χ1) is 9.37. The Morgan fingerprint density at radius 2 is 2.20 bits per heavy atom. The fourth-order valence-electron chi connectivity index (χ4n) is 1.81. The van der Waals surface area contributed by atoms with Crippen LogP contribution in [0.4, 0.5) is 5.82 Å². The van der Waals surface area contributed by atoms with Crippen molar-refractivity contribution >= 4 is 21.7 Å². The number of hydrogen-bond acceptors (Lipinski definition) is 4. The number of aromatic nitrogens is 1. The smallest absolute Gasteiger partial charge is 0.133 e. The molecular formula is C15H24BrN3O. The summed E-state index contributed by atoms with van der Waals surface area (Å²) >= 11 is 3.47. The van der Waals surface area contributed by atoms with Gasteiger partial charge < -0.3 is 15.3 Å². The van der Waals surface area contributed by atoms with Gasteiger partial charge in [0.2, 0.25) is 0 Å². The van der Waals surface area contributed by atoms with E-state index in [1.54, 1.807) is 6.20 Å². The van der Waals surface area contributed by atoms with Crippen LogP contribution in [0.5, 0.6) is 0 Å². The molecule has 20 heavy (non-hydrogen) atoms. The van der Waals surface area contributed by atoms with E-state index < -0.39 is 0 Å². The van der Waals surface area contributed by atoms with Crippen molar-refractivity contribution in [2.24, 2.45) is 0 Å². The maximum absolute atomic E-state index is 9.20. The molecule has 112 valence electrons. The van der Waals surface area contributed by atoms with Gasteiger partial charge in [0.15, 0.2) is 0 Å². The van der Waals surface area contributed by atoms with Crippen molar-refractivity contribution in [1.29, 1.82) is 0 Å². The van der Waals surface area contributed by atoms with Crippen LogP contribution in [0.25, 0.3) is 0 Å². The zero-order valence-corrected chi connectivity index (χ0v) is 14.1. The summed E-state index contributed by atoms with van der Waals surface area (Å²) in [6.07, 6.45) is 3.60. The third-order valence-corrected chi connectivity index (χ3v) is 3.17. The molecule has 0 aromatic carbocycles. The highest BCUT2D eigenvalue weighted by molar-refractivity contribution is 9.10. The molecule has 0 atom stereocenters. The lowest BCUT2D eigenvalue weighted by molar-refractivity contribution is 0.302. The predicted molar refractivity (Wildman–Crippen MR) is 88.0 cm³/mol. The summed E-state index contributed by atoms with van der Waals surface area (Å²) in [5.41, 5.74) is 1.14. The van der Waals surface area contributed by atoms with E-state index in [1.807, 2.05) is 11.0 Å². The fraction of sp³-hybridized carbons (Fsp3) is 0.533. The Morgan fingerprint density at radius 3 is 2.75 bits per heavy atom. The van der Waals surface area contributed by atoms with E-state index in [-0.39, 0.29) is 12.1 Å². The molecule has 0 bridgehead atoms. The average molecular weight is 342 g/mol. The Balaban J connectivity index is 3.01. The van der Waals surface area contributed by atoms with Gasteiger partial charge in [0, 0.05) is 41.4 Å². The largest absolute Gasteiger partial charge is 0.395 e. The predicted octanol–water partition coefficient (Wildman–Crippen LogP) is 2.72. The second-order valence-electron chi connectivity index (χ2n) is 5.70. The number of aliphatic hydroxyl groups excluding tert-OH is 1. The van der Waals surface area contributed by atoms with Crippen molar-refractivity contribution in [2.75, 3.05) is 24.6 Å². The number of rotatable bonds is 7. The van der Waals surface area contributed by atoms with Gasteiger partial charge in [-0.15, -0.1) is 6.58 Å². The molecule has 4 nitrogen and oxygen atoms in total. The Labute approximate surface area is 130 Å². The van der Waals surface area contributed by atoms with Crippen LogP contribution in [0.15, 0.2) is 29.4 Å². The maximum atomic E-state index is 9.20. The van der Waals surface area contributed by atoms with Crippen molar-refractivity contribution < 1.29 is 5.11 Å². The number of nitrogens with one attached hydrogen (secondary N) is 1. The third kappa shape index (κ3) is 5.61. The van der Waals surface area contributed by atoms with Crippen molar-refractivity contribution in [3.63, 3.8) is 0 Å². The molecule has 0 saturated carbocycles. The van der Waals surface area contributed by atoms with Crippen LogP contribution in [0.2, 0.25) is 0 Å². The van der Waals surface area contributed by atoms with Crippen molar-refractivity contribution in [3.05, 3.63) is 35.0 Å². The molecule has 0 saturated heterocycles. The van der Waals surface area contributed by atoms with Gasteiger partial charge in [0.25, 0.3) is 0 Å². The molecule has 0 spiro atoms. The molecule has 0 amide bonds. The summed E-state index contributed by atoms with van der Waals surface area (Å²) in [6, 6.07) is 2.06. The minimum Gasteiger partial charge on any atom is -0.395 e. The molecule has 0 aliphatic rings. The van der Waals surface area contributed by atoms with E-state index in [9.17, 15) is 5.11 Å². The molecule has 0 radical (unpaired) electrons. The molecule has 0 fully saturated rings. The fourth-order valence-corrected chi connectivity index (χ4v) is 2.19. The summed E-state index contributed by atoms with van der Waals surface area (Å²) in [6.45, 7) is 12.2. The molecular weight excluding hydrogens is 318 g/mol. The van der Waals surface area contributed by atoms with E-state index in [1.165, 1.54) is 0 Å². The Hall–Kier alpha value is -0.910. The van der Waals surface area contributed by atoms with E-state index >= 15 is 0 Å². The highest BCUT2D eigenvalue weighted by Gasteiger charge is 2.15. The van der Waals surface area contributed by atoms with Gasteiger partial charge in [-0.1, -0.05) is 6.08 Å². The minimum absolute atomic E-state index is 0.0415. The zero-order valence-electron chi connectivity index (χ0n) is 12.5. The third-order valence-electron chi connectivity index (χ3n) is 2.74. The van der Waals surface area contributed by atoms with Crippen LogP contribution < -0.4 is 10.2 Å². The highest BCUT2D eigenvalue weighted by Crippen LogP contribution is 2.22. The molecule has 0 aliphatic carbocycles. The molecule has 0 aliphatic heterocycles. The lowest BCUT2D eigenvalue weighted by Gasteiger charge is -2.26. The summed E-state index contributed by atoms with van der Waals surface area (Å²) in [5.74, 6) is 0.888. The van der Waals surface area contributed by atoms with Gasteiger partial charge >= 0.3 is 0 Å². The summed E-state index contributed by atoms with van der Waals surface area (Å²) in [4.78, 5) is 6.52. The number of anilines is 1. The van der Waals surface area contributed by atoms with Crippen molar-refractivity contribution in [1.82, 2.24) is 10.3 Å². The van der Waals surface area contributed by atoms with E-state index in [4.69, 9.17) is 0 Å². The zero-order chi connectivity index (χ0) is 15.2. The number of halogens is 1. The van der Waals surface area contributed by atoms with Crippen LogP contribution in [0.1, 0.15) is 26.3 Å². The van der Waals surface area contributed by atoms with Gasteiger partial charge in [0.1, 0.15) is 5.82 Å². The first-order valence-corrected chi connectivity index (χ1v) is 7.53. The van der Waals surface area contributed by atoms with E-state index in [0.717, 1.165) is 22.4 Å². The van der Waals surface area contributed by atoms with Crippen LogP contribution in [-0.2, 0) is 6.54 Å². The molecule has 0 unspecified atom stereocenters. The average Bonchev–Trinajstić information content (AvgIpc) is 2.35. The van der Waals surface area contributed by atoms with Gasteiger partial charge in [-0.25, -0.2) is 4.98 Å². The van der Waals surface area contributed by atoms with E-state index in [2.05, 4.69) is 59.6 Å². The summed E-state index contributed by atoms with van der Waals surface area (Å²) in [5, 5.41) is 12.7. The number of nitrogens with zero attached hydrogens (tertiary/aromatic N) is 2. The van der Waals surface area contributed by atoms with Gasteiger partial charge in [0.05, 0.1) is 6.61 Å². The molecule has 5 heteroatoms. The molecule has 1 aromatic heterocycles. The Bertz CT molecular complexity index is 443. The number of hydrogen-bond donors (Lipinski definition) is 2. The van der Waals surface area contributed by atoms with Crippen LogP contribution in [0, 0.1) is 0 Å². The topological polar surface area (TPSA) is 48.4 Å². The summed E-state index contributed by atoms with van der Waals surface area (Å²) in [7, 11) is 0. The maximum Gasteiger partial charge on any atom is 0.133 e. The van der Waals surface area contributed by atoms with E-state index in [0.29, 0.717) is 13.1 Å². The SMILES string of the molecule is C=CCN(CCO)c1ncc(Br)cc1CNC(C)(C)C. The van der Waals surface area contributed by atoms with Crippen LogP contribution >= 0.6 is 15.9 Å². The van der Waals surface area contributed by atoms with Crippen molar-refractivity contribution in [2.45, 2.75) is 32.9 Å². The first-order valence-electron chi connectivity index (χ1n) is 6.73.